The molecule has 0 N–H and O–H groups in total. The van der Waals surface area contributed by atoms with Crippen LogP contribution in [0.4, 0.5) is 0 Å². The van der Waals surface area contributed by atoms with Crippen LogP contribution in [0.25, 0.3) is 0 Å². The molecule has 0 spiro atoms. The Labute approximate surface area is 249 Å². The van der Waals surface area contributed by atoms with Crippen LogP contribution >= 0.6 is 8.58 Å². The number of rotatable bonds is 9. The summed E-state index contributed by atoms with van der Waals surface area (Å²) in [7, 11) is -0.234. The van der Waals surface area contributed by atoms with Gasteiger partial charge in [-0.25, -0.2) is 0 Å². The molecular formula is C34H29LiO4P+. The van der Waals surface area contributed by atoms with E-state index >= 15 is 0 Å². The molecular weight excluding hydrogens is 510 g/mol. The minimum absolute atomic E-state index is 0. The first-order valence-corrected chi connectivity index (χ1v) is 13.7. The molecule has 194 valence electrons. The van der Waals surface area contributed by atoms with Gasteiger partial charge in [0.1, 0.15) is 34.5 Å². The number of aryl methyl sites for hydroxylation is 3. The molecule has 5 rings (SSSR count). The van der Waals surface area contributed by atoms with Gasteiger partial charge in [0, 0.05) is 17.7 Å². The molecule has 6 heteroatoms. The van der Waals surface area contributed by atoms with Crippen LogP contribution in [0.15, 0.2) is 115 Å². The van der Waals surface area contributed by atoms with Gasteiger partial charge in [0.05, 0.1) is 5.30 Å². The molecule has 0 saturated carbocycles. The van der Waals surface area contributed by atoms with Crippen molar-refractivity contribution in [3.05, 3.63) is 138 Å². The Kier molecular flexibility index (Phi) is 9.86. The van der Waals surface area contributed by atoms with Crippen LogP contribution < -0.4 is 38.4 Å². The smallest absolute Gasteiger partial charge is 0.457 e. The number of carbonyl (C=O) groups is 1. The van der Waals surface area contributed by atoms with Crippen molar-refractivity contribution < 1.29 is 37.9 Å². The van der Waals surface area contributed by atoms with Crippen LogP contribution in [0.2, 0.25) is 0 Å². The first kappa shape index (κ1) is 29.2. The maximum atomic E-state index is 13.8. The molecule has 5 aromatic carbocycles. The van der Waals surface area contributed by atoms with Crippen LogP contribution in [-0.2, 0) is 0 Å². The zero-order valence-corrected chi connectivity index (χ0v) is 24.1. The van der Waals surface area contributed by atoms with E-state index in [0.29, 0.717) is 39.8 Å². The summed E-state index contributed by atoms with van der Waals surface area (Å²) in [5.41, 5.74) is 3.82. The summed E-state index contributed by atoms with van der Waals surface area (Å²) < 4.78 is 18.9. The van der Waals surface area contributed by atoms with Gasteiger partial charge in [-0.2, -0.15) is 0 Å². The van der Waals surface area contributed by atoms with Crippen molar-refractivity contribution in [3.8, 4) is 34.5 Å². The summed E-state index contributed by atoms with van der Waals surface area (Å²) >= 11 is 0. The second-order valence-electron chi connectivity index (χ2n) is 9.27. The molecule has 0 aromatic heterocycles. The summed E-state index contributed by atoms with van der Waals surface area (Å²) in [5.74, 6) is 3.56. The Morgan fingerprint density at radius 3 is 1.38 bits per heavy atom. The fraction of sp³-hybridized carbons (Fsp3) is 0.0882. The third kappa shape index (κ3) is 7.23. The van der Waals surface area contributed by atoms with Gasteiger partial charge in [0.25, 0.3) is 0 Å². The molecule has 0 bridgehead atoms. The van der Waals surface area contributed by atoms with Gasteiger partial charge in [-0.05, 0) is 76.9 Å². The van der Waals surface area contributed by atoms with Crippen molar-refractivity contribution in [2.45, 2.75) is 20.8 Å². The van der Waals surface area contributed by atoms with E-state index in [0.717, 1.165) is 22.3 Å². The maximum Gasteiger partial charge on any atom is 1.00 e. The predicted octanol–water partition coefficient (Wildman–Crippen LogP) is 6.14. The second-order valence-corrected chi connectivity index (χ2v) is 10.5. The second kappa shape index (κ2) is 13.5. The zero-order chi connectivity index (χ0) is 27.2. The first-order chi connectivity index (χ1) is 19.0. The average molecular weight is 540 g/mol. The molecule has 0 radical (unpaired) electrons. The van der Waals surface area contributed by atoms with Crippen molar-refractivity contribution in [3.63, 3.8) is 0 Å². The van der Waals surface area contributed by atoms with Gasteiger partial charge in [0.2, 0.25) is 0 Å². The van der Waals surface area contributed by atoms with Crippen LogP contribution in [0.3, 0.4) is 0 Å². The van der Waals surface area contributed by atoms with Gasteiger partial charge in [-0.3, -0.25) is 4.79 Å². The quantitative estimate of drug-likeness (QED) is 0.167. The minimum Gasteiger partial charge on any atom is -0.457 e. The van der Waals surface area contributed by atoms with E-state index < -0.39 is 0 Å². The van der Waals surface area contributed by atoms with Crippen molar-refractivity contribution >= 4 is 19.4 Å². The fourth-order valence-electron chi connectivity index (χ4n) is 4.48. The molecule has 1 unspecified atom stereocenters. The molecule has 0 aliphatic rings. The average Bonchev–Trinajstić information content (AvgIpc) is 2.92. The standard InChI is InChI=1S/C34H29O4P.Li/c1-23-19-24(2)32(25(3)20-23)34(35)39-33-30(37-27-15-9-5-10-16-27)21-29(36-26-13-7-4-8-14-26)22-31(33)38-28-17-11-6-12-18-28;/h4-22,39H,1-3H3;/q;+1. The Morgan fingerprint density at radius 2 is 0.950 bits per heavy atom. The molecule has 5 aromatic rings. The monoisotopic (exact) mass is 539 g/mol. The van der Waals surface area contributed by atoms with Gasteiger partial charge < -0.3 is 14.2 Å². The van der Waals surface area contributed by atoms with Gasteiger partial charge in [-0.15, -0.1) is 0 Å². The number of para-hydroxylation sites is 3. The molecule has 0 fully saturated rings. The molecule has 0 heterocycles. The first-order valence-electron chi connectivity index (χ1n) is 12.7. The number of carbonyl (C=O) groups excluding carboxylic acids is 1. The summed E-state index contributed by atoms with van der Waals surface area (Å²) in [6.45, 7) is 6.01. The number of hydrogen-bond donors (Lipinski definition) is 0. The van der Waals surface area contributed by atoms with Crippen LogP contribution in [0.5, 0.6) is 34.5 Å². The van der Waals surface area contributed by atoms with E-state index in [9.17, 15) is 4.79 Å². The summed E-state index contributed by atoms with van der Waals surface area (Å²) in [6.07, 6.45) is 0. The zero-order valence-electron chi connectivity index (χ0n) is 23.1. The van der Waals surface area contributed by atoms with E-state index in [4.69, 9.17) is 14.2 Å². The van der Waals surface area contributed by atoms with Crippen LogP contribution in [-0.4, -0.2) is 5.52 Å². The van der Waals surface area contributed by atoms with E-state index in [1.807, 2.05) is 136 Å². The Hall–Kier alpha value is -3.80. The predicted molar refractivity (Wildman–Crippen MR) is 159 cm³/mol. The summed E-state index contributed by atoms with van der Waals surface area (Å²) in [5, 5.41) is 0.674. The van der Waals surface area contributed by atoms with Crippen molar-refractivity contribution in [1.29, 1.82) is 0 Å². The molecule has 0 saturated heterocycles. The number of hydrogen-bond acceptors (Lipinski definition) is 4. The normalized spacial score (nSPS) is 10.7. The van der Waals surface area contributed by atoms with Crippen molar-refractivity contribution in [2.24, 2.45) is 0 Å². The van der Waals surface area contributed by atoms with E-state index in [2.05, 4.69) is 0 Å². The summed E-state index contributed by atoms with van der Waals surface area (Å²) in [6, 6.07) is 36.3. The Morgan fingerprint density at radius 1 is 0.550 bits per heavy atom. The SMILES string of the molecule is Cc1cc(C)c(C(=O)Pc2c(Oc3ccccc3)cc(Oc3ccccc3)cc2Oc2ccccc2)c(C)c1.[Li+]. The molecule has 0 aliphatic carbocycles. The fourth-order valence-corrected chi connectivity index (χ4v) is 5.72. The van der Waals surface area contributed by atoms with E-state index in [1.54, 1.807) is 0 Å². The third-order valence-electron chi connectivity index (χ3n) is 6.10. The molecule has 4 nitrogen and oxygen atoms in total. The van der Waals surface area contributed by atoms with Crippen molar-refractivity contribution in [2.75, 3.05) is 0 Å². The molecule has 1 atom stereocenters. The number of ether oxygens (including phenoxy) is 3. The number of benzene rings is 5. The van der Waals surface area contributed by atoms with Gasteiger partial charge >= 0.3 is 18.9 Å². The van der Waals surface area contributed by atoms with E-state index in [1.165, 1.54) is 0 Å². The van der Waals surface area contributed by atoms with Crippen LogP contribution in [0.1, 0.15) is 27.0 Å². The largest absolute Gasteiger partial charge is 1.00 e. The molecule has 0 aliphatic heterocycles. The van der Waals surface area contributed by atoms with Crippen LogP contribution in [0, 0.1) is 20.8 Å². The van der Waals surface area contributed by atoms with Crippen molar-refractivity contribution in [1.82, 2.24) is 0 Å². The van der Waals surface area contributed by atoms with Gasteiger partial charge in [-0.1, -0.05) is 72.3 Å². The Balaban J connectivity index is 0.00000370. The topological polar surface area (TPSA) is 44.8 Å². The molecule has 0 amide bonds. The molecule has 40 heavy (non-hydrogen) atoms. The minimum atomic E-state index is -0.234. The van der Waals surface area contributed by atoms with E-state index in [-0.39, 0.29) is 33.0 Å². The maximum absolute atomic E-state index is 13.8. The third-order valence-corrected chi connectivity index (χ3v) is 7.32. The summed E-state index contributed by atoms with van der Waals surface area (Å²) in [4.78, 5) is 13.8. The van der Waals surface area contributed by atoms with Gasteiger partial charge in [0.15, 0.2) is 5.52 Å². The Bertz CT molecular complexity index is 1500.